The molecule has 1 aromatic carbocycles. The molecule has 6 nitrogen and oxygen atoms in total. The number of nitrogens with two attached hydrogens (primary N) is 1. The SMILES string of the molecule is CNS(=O)(=O)c1ccc(NC(C)c2ccc(C)o2)c(N)c1. The van der Waals surface area contributed by atoms with Crippen LogP contribution in [0.15, 0.2) is 39.6 Å². The van der Waals surface area contributed by atoms with Gasteiger partial charge in [0.1, 0.15) is 11.5 Å². The van der Waals surface area contributed by atoms with Gasteiger partial charge in [-0.15, -0.1) is 0 Å². The van der Waals surface area contributed by atoms with Crippen LogP contribution < -0.4 is 15.8 Å². The monoisotopic (exact) mass is 309 g/mol. The average Bonchev–Trinajstić information content (AvgIpc) is 2.87. The summed E-state index contributed by atoms with van der Waals surface area (Å²) in [6.07, 6.45) is 0. The number of anilines is 2. The number of aryl methyl sites for hydroxylation is 1. The van der Waals surface area contributed by atoms with Gasteiger partial charge in [-0.1, -0.05) is 0 Å². The second-order valence-corrected chi connectivity index (χ2v) is 6.66. The number of benzene rings is 1. The van der Waals surface area contributed by atoms with Crippen molar-refractivity contribution >= 4 is 21.4 Å². The van der Waals surface area contributed by atoms with Gasteiger partial charge >= 0.3 is 0 Å². The Kier molecular flexibility index (Phi) is 4.24. The van der Waals surface area contributed by atoms with E-state index in [0.29, 0.717) is 11.4 Å². The molecular weight excluding hydrogens is 290 g/mol. The van der Waals surface area contributed by atoms with Crippen molar-refractivity contribution in [3.63, 3.8) is 0 Å². The molecule has 0 amide bonds. The maximum absolute atomic E-state index is 11.7. The van der Waals surface area contributed by atoms with E-state index in [-0.39, 0.29) is 10.9 Å². The summed E-state index contributed by atoms with van der Waals surface area (Å²) in [7, 11) is -2.13. The number of furan rings is 1. The fraction of sp³-hybridized carbons (Fsp3) is 0.286. The Hall–Kier alpha value is -1.99. The smallest absolute Gasteiger partial charge is 0.240 e. The summed E-state index contributed by atoms with van der Waals surface area (Å²) < 4.78 is 31.2. The van der Waals surface area contributed by atoms with Gasteiger partial charge < -0.3 is 15.5 Å². The highest BCUT2D eigenvalue weighted by Crippen LogP contribution is 2.27. The summed E-state index contributed by atoms with van der Waals surface area (Å²) in [6.45, 7) is 3.82. The molecule has 1 atom stereocenters. The fourth-order valence-corrected chi connectivity index (χ4v) is 2.71. The highest BCUT2D eigenvalue weighted by Gasteiger charge is 2.15. The summed E-state index contributed by atoms with van der Waals surface area (Å²) in [5.41, 5.74) is 6.94. The molecule has 0 aliphatic rings. The van der Waals surface area contributed by atoms with Gasteiger partial charge in [0, 0.05) is 0 Å². The number of nitrogens with one attached hydrogen (secondary N) is 2. The molecule has 1 unspecified atom stereocenters. The third kappa shape index (κ3) is 3.37. The van der Waals surface area contributed by atoms with E-state index in [4.69, 9.17) is 10.2 Å². The first-order valence-electron chi connectivity index (χ1n) is 6.49. The van der Waals surface area contributed by atoms with Crippen LogP contribution in [0.5, 0.6) is 0 Å². The number of sulfonamides is 1. The van der Waals surface area contributed by atoms with Gasteiger partial charge in [-0.2, -0.15) is 0 Å². The van der Waals surface area contributed by atoms with Crippen LogP contribution in [0.1, 0.15) is 24.5 Å². The van der Waals surface area contributed by atoms with Crippen LogP contribution in [0.3, 0.4) is 0 Å². The van der Waals surface area contributed by atoms with Gasteiger partial charge in [-0.25, -0.2) is 13.1 Å². The molecular formula is C14H19N3O3S. The Morgan fingerprint density at radius 1 is 1.24 bits per heavy atom. The maximum Gasteiger partial charge on any atom is 0.240 e. The predicted octanol–water partition coefficient (Wildman–Crippen LogP) is 2.25. The standard InChI is InChI=1S/C14H19N3O3S/c1-9-4-7-14(20-9)10(2)17-13-6-5-11(8-12(13)15)21(18,19)16-3/h4-8,10,16-17H,15H2,1-3H3. The number of hydrogen-bond donors (Lipinski definition) is 3. The first kappa shape index (κ1) is 15.4. The van der Waals surface area contributed by atoms with Crippen molar-refractivity contribution < 1.29 is 12.8 Å². The average molecular weight is 309 g/mol. The second-order valence-electron chi connectivity index (χ2n) is 4.77. The highest BCUT2D eigenvalue weighted by atomic mass is 32.2. The molecule has 0 fully saturated rings. The van der Waals surface area contributed by atoms with Gasteiger partial charge in [0.05, 0.1) is 22.3 Å². The van der Waals surface area contributed by atoms with E-state index in [0.717, 1.165) is 11.5 Å². The van der Waals surface area contributed by atoms with Crippen LogP contribution in [-0.4, -0.2) is 15.5 Å². The summed E-state index contributed by atoms with van der Waals surface area (Å²) in [6, 6.07) is 8.28. The van der Waals surface area contributed by atoms with E-state index < -0.39 is 10.0 Å². The maximum atomic E-state index is 11.7. The topological polar surface area (TPSA) is 97.4 Å². The molecule has 0 spiro atoms. The first-order valence-corrected chi connectivity index (χ1v) is 7.98. The van der Waals surface area contributed by atoms with Crippen LogP contribution >= 0.6 is 0 Å². The lowest BCUT2D eigenvalue weighted by Gasteiger charge is -2.15. The van der Waals surface area contributed by atoms with Crippen molar-refractivity contribution in [2.45, 2.75) is 24.8 Å². The Balaban J connectivity index is 2.22. The summed E-state index contributed by atoms with van der Waals surface area (Å²) >= 11 is 0. The highest BCUT2D eigenvalue weighted by molar-refractivity contribution is 7.89. The Morgan fingerprint density at radius 3 is 2.48 bits per heavy atom. The molecule has 4 N–H and O–H groups in total. The second kappa shape index (κ2) is 5.79. The van der Waals surface area contributed by atoms with E-state index in [1.807, 2.05) is 26.0 Å². The van der Waals surface area contributed by atoms with Crippen LogP contribution in [0.4, 0.5) is 11.4 Å². The minimum atomic E-state index is -3.49. The van der Waals surface area contributed by atoms with Crippen molar-refractivity contribution in [2.24, 2.45) is 0 Å². The van der Waals surface area contributed by atoms with Gasteiger partial charge in [0.15, 0.2) is 0 Å². The van der Waals surface area contributed by atoms with E-state index in [1.165, 1.54) is 19.2 Å². The fourth-order valence-electron chi connectivity index (χ4n) is 1.95. The molecule has 7 heteroatoms. The zero-order valence-electron chi connectivity index (χ0n) is 12.2. The summed E-state index contributed by atoms with van der Waals surface area (Å²) in [5, 5.41) is 3.20. The molecule has 1 aromatic heterocycles. The van der Waals surface area contributed by atoms with Crippen LogP contribution in [0.25, 0.3) is 0 Å². The lowest BCUT2D eigenvalue weighted by atomic mass is 10.2. The molecule has 21 heavy (non-hydrogen) atoms. The number of hydrogen-bond acceptors (Lipinski definition) is 5. The van der Waals surface area contributed by atoms with Crippen LogP contribution in [0.2, 0.25) is 0 Å². The molecule has 0 saturated carbocycles. The summed E-state index contributed by atoms with van der Waals surface area (Å²) in [4.78, 5) is 0.134. The first-order chi connectivity index (χ1) is 9.83. The molecule has 114 valence electrons. The minimum absolute atomic E-state index is 0.0762. The van der Waals surface area contributed by atoms with Crippen molar-refractivity contribution in [1.29, 1.82) is 0 Å². The molecule has 0 radical (unpaired) electrons. The van der Waals surface area contributed by atoms with E-state index in [9.17, 15) is 8.42 Å². The lowest BCUT2D eigenvalue weighted by Crippen LogP contribution is -2.19. The zero-order valence-corrected chi connectivity index (χ0v) is 13.0. The molecule has 0 saturated heterocycles. The van der Waals surface area contributed by atoms with Crippen molar-refractivity contribution in [1.82, 2.24) is 4.72 Å². The van der Waals surface area contributed by atoms with Gasteiger partial charge in [-0.05, 0) is 51.2 Å². The quantitative estimate of drug-likeness (QED) is 0.736. The molecule has 0 aliphatic carbocycles. The molecule has 2 rings (SSSR count). The van der Waals surface area contributed by atoms with Gasteiger partial charge in [0.25, 0.3) is 0 Å². The largest absolute Gasteiger partial charge is 0.464 e. The van der Waals surface area contributed by atoms with Crippen molar-refractivity contribution in [3.05, 3.63) is 41.9 Å². The van der Waals surface area contributed by atoms with Gasteiger partial charge in [0.2, 0.25) is 10.0 Å². The van der Waals surface area contributed by atoms with E-state index >= 15 is 0 Å². The van der Waals surface area contributed by atoms with Crippen molar-refractivity contribution in [3.8, 4) is 0 Å². The summed E-state index contributed by atoms with van der Waals surface area (Å²) in [5.74, 6) is 1.63. The van der Waals surface area contributed by atoms with Crippen molar-refractivity contribution in [2.75, 3.05) is 18.1 Å². The third-order valence-corrected chi connectivity index (χ3v) is 4.57. The van der Waals surface area contributed by atoms with E-state index in [1.54, 1.807) is 6.07 Å². The van der Waals surface area contributed by atoms with Crippen LogP contribution in [-0.2, 0) is 10.0 Å². The van der Waals surface area contributed by atoms with E-state index in [2.05, 4.69) is 10.0 Å². The molecule has 0 aliphatic heterocycles. The van der Waals surface area contributed by atoms with Gasteiger partial charge in [-0.3, -0.25) is 0 Å². The van der Waals surface area contributed by atoms with Crippen LogP contribution in [0, 0.1) is 6.92 Å². The Morgan fingerprint density at radius 2 is 1.95 bits per heavy atom. The Bertz CT molecular complexity index is 738. The Labute approximate surface area is 124 Å². The molecule has 1 heterocycles. The molecule has 2 aromatic rings. The minimum Gasteiger partial charge on any atom is -0.464 e. The predicted molar refractivity (Wildman–Crippen MR) is 82.6 cm³/mol. The number of nitrogen functional groups attached to an aromatic ring is 1. The number of rotatable bonds is 5. The zero-order chi connectivity index (χ0) is 15.6. The molecule has 0 bridgehead atoms. The third-order valence-electron chi connectivity index (χ3n) is 3.16. The lowest BCUT2D eigenvalue weighted by molar-refractivity contribution is 0.467. The normalized spacial score (nSPS) is 13.1.